The van der Waals surface area contributed by atoms with Crippen LogP contribution < -0.4 is 5.73 Å². The number of hydrogen-bond acceptors (Lipinski definition) is 4. The molecule has 0 amide bonds. The van der Waals surface area contributed by atoms with Crippen molar-refractivity contribution >= 4 is 20.9 Å². The number of nitrogens with two attached hydrogens (primary N) is 1. The Morgan fingerprint density at radius 3 is 2.77 bits per heavy atom. The highest BCUT2D eigenvalue weighted by atomic mass is 32.2. The van der Waals surface area contributed by atoms with Crippen LogP contribution in [0.5, 0.6) is 0 Å². The molecular formula is C16H21N3O2S. The summed E-state index contributed by atoms with van der Waals surface area (Å²) in [5.74, 6) is 0. The Morgan fingerprint density at radius 2 is 2.05 bits per heavy atom. The molecule has 1 aliphatic rings. The van der Waals surface area contributed by atoms with E-state index in [0.29, 0.717) is 19.5 Å². The number of para-hydroxylation sites is 1. The van der Waals surface area contributed by atoms with Gasteiger partial charge in [0.15, 0.2) is 0 Å². The van der Waals surface area contributed by atoms with E-state index in [9.17, 15) is 8.42 Å². The van der Waals surface area contributed by atoms with Gasteiger partial charge >= 0.3 is 0 Å². The standard InChI is InChI=1S/C16H21N3O2S/c1-16(2)11-19(8-7-15(16)17)22(20,21)13-9-12-5-3-4-6-14(12)18-10-13/h3-6,9-10,15H,7-8,11,17H2,1-2H3. The fourth-order valence-electron chi connectivity index (χ4n) is 2.87. The van der Waals surface area contributed by atoms with Crippen molar-refractivity contribution in [2.24, 2.45) is 11.1 Å². The van der Waals surface area contributed by atoms with Crippen LogP contribution in [0.2, 0.25) is 0 Å². The molecule has 2 heterocycles. The van der Waals surface area contributed by atoms with Crippen LogP contribution in [0.25, 0.3) is 10.9 Å². The van der Waals surface area contributed by atoms with Gasteiger partial charge in [-0.15, -0.1) is 0 Å². The van der Waals surface area contributed by atoms with Crippen molar-refractivity contribution in [3.63, 3.8) is 0 Å². The highest BCUT2D eigenvalue weighted by Gasteiger charge is 2.38. The van der Waals surface area contributed by atoms with Gasteiger partial charge in [-0.05, 0) is 24.0 Å². The number of pyridine rings is 1. The topological polar surface area (TPSA) is 76.3 Å². The van der Waals surface area contributed by atoms with E-state index in [-0.39, 0.29) is 16.4 Å². The third-order valence-corrected chi connectivity index (χ3v) is 6.29. The van der Waals surface area contributed by atoms with Crippen LogP contribution >= 0.6 is 0 Å². The van der Waals surface area contributed by atoms with Gasteiger partial charge in [0.05, 0.1) is 5.52 Å². The number of benzene rings is 1. The van der Waals surface area contributed by atoms with Crippen LogP contribution in [-0.2, 0) is 10.0 Å². The van der Waals surface area contributed by atoms with Crippen LogP contribution in [0.15, 0.2) is 41.4 Å². The molecule has 1 atom stereocenters. The lowest BCUT2D eigenvalue weighted by Crippen LogP contribution is -2.53. The average molecular weight is 319 g/mol. The Morgan fingerprint density at radius 1 is 1.32 bits per heavy atom. The molecular weight excluding hydrogens is 298 g/mol. The molecule has 0 spiro atoms. The molecule has 1 saturated heterocycles. The van der Waals surface area contributed by atoms with E-state index in [2.05, 4.69) is 4.98 Å². The predicted octanol–water partition coefficient (Wildman–Crippen LogP) is 1.98. The van der Waals surface area contributed by atoms with Gasteiger partial charge in [0.1, 0.15) is 4.90 Å². The van der Waals surface area contributed by atoms with E-state index >= 15 is 0 Å². The predicted molar refractivity (Wildman–Crippen MR) is 86.9 cm³/mol. The van der Waals surface area contributed by atoms with E-state index in [4.69, 9.17) is 5.73 Å². The number of rotatable bonds is 2. The minimum absolute atomic E-state index is 0.0219. The fourth-order valence-corrected chi connectivity index (χ4v) is 4.48. The lowest BCUT2D eigenvalue weighted by Gasteiger charge is -2.41. The molecule has 0 aliphatic carbocycles. The van der Waals surface area contributed by atoms with Gasteiger partial charge in [-0.3, -0.25) is 4.98 Å². The molecule has 1 aromatic heterocycles. The molecule has 1 aromatic carbocycles. The van der Waals surface area contributed by atoms with Crippen LogP contribution in [0, 0.1) is 5.41 Å². The monoisotopic (exact) mass is 319 g/mol. The smallest absolute Gasteiger partial charge is 0.244 e. The number of aromatic nitrogens is 1. The molecule has 2 aromatic rings. The maximum atomic E-state index is 12.9. The summed E-state index contributed by atoms with van der Waals surface area (Å²) in [6, 6.07) is 9.22. The summed E-state index contributed by atoms with van der Waals surface area (Å²) in [6.45, 7) is 4.92. The first-order chi connectivity index (χ1) is 10.3. The van der Waals surface area contributed by atoms with Crippen LogP contribution in [-0.4, -0.2) is 36.8 Å². The minimum atomic E-state index is -3.53. The van der Waals surface area contributed by atoms with Crippen LogP contribution in [0.3, 0.4) is 0 Å². The molecule has 0 saturated carbocycles. The van der Waals surface area contributed by atoms with Crippen molar-refractivity contribution in [1.82, 2.24) is 9.29 Å². The van der Waals surface area contributed by atoms with E-state index in [1.165, 1.54) is 10.5 Å². The number of fused-ring (bicyclic) bond motifs is 1. The average Bonchev–Trinajstić information content (AvgIpc) is 2.49. The first-order valence-electron chi connectivity index (χ1n) is 7.41. The summed E-state index contributed by atoms with van der Waals surface area (Å²) in [5, 5.41) is 0.830. The molecule has 5 nitrogen and oxygen atoms in total. The maximum absolute atomic E-state index is 12.9. The first kappa shape index (κ1) is 15.4. The second-order valence-electron chi connectivity index (χ2n) is 6.59. The van der Waals surface area contributed by atoms with Crippen molar-refractivity contribution in [3.8, 4) is 0 Å². The summed E-state index contributed by atoms with van der Waals surface area (Å²) in [5.41, 5.74) is 6.66. The second kappa shape index (κ2) is 5.30. The van der Waals surface area contributed by atoms with Crippen molar-refractivity contribution in [2.45, 2.75) is 31.2 Å². The quantitative estimate of drug-likeness (QED) is 0.918. The highest BCUT2D eigenvalue weighted by molar-refractivity contribution is 7.89. The molecule has 1 fully saturated rings. The highest BCUT2D eigenvalue weighted by Crippen LogP contribution is 2.31. The van der Waals surface area contributed by atoms with E-state index in [1.807, 2.05) is 38.1 Å². The Kier molecular flexibility index (Phi) is 3.71. The largest absolute Gasteiger partial charge is 0.327 e. The van der Waals surface area contributed by atoms with Gasteiger partial charge in [0.2, 0.25) is 10.0 Å². The lowest BCUT2D eigenvalue weighted by molar-refractivity contribution is 0.155. The van der Waals surface area contributed by atoms with Crippen molar-refractivity contribution in [2.75, 3.05) is 13.1 Å². The normalized spacial score (nSPS) is 22.8. The Hall–Kier alpha value is -1.50. The fraction of sp³-hybridized carbons (Fsp3) is 0.438. The third-order valence-electron chi connectivity index (χ3n) is 4.48. The number of piperidine rings is 1. The second-order valence-corrected chi connectivity index (χ2v) is 8.52. The zero-order valence-electron chi connectivity index (χ0n) is 12.9. The number of sulfonamides is 1. The number of nitrogens with zero attached hydrogens (tertiary/aromatic N) is 2. The van der Waals surface area contributed by atoms with Crippen molar-refractivity contribution < 1.29 is 8.42 Å². The van der Waals surface area contributed by atoms with Gasteiger partial charge in [0, 0.05) is 30.7 Å². The summed E-state index contributed by atoms with van der Waals surface area (Å²) in [4.78, 5) is 4.51. The maximum Gasteiger partial charge on any atom is 0.244 e. The SMILES string of the molecule is CC1(C)CN(S(=O)(=O)c2cnc3ccccc3c2)CCC1N. The van der Waals surface area contributed by atoms with Crippen molar-refractivity contribution in [1.29, 1.82) is 0 Å². The lowest BCUT2D eigenvalue weighted by atomic mass is 9.81. The molecule has 22 heavy (non-hydrogen) atoms. The molecule has 1 unspecified atom stereocenters. The Bertz CT molecular complexity index is 802. The Labute approximate surface area is 131 Å². The van der Waals surface area contributed by atoms with Crippen molar-refractivity contribution in [3.05, 3.63) is 36.5 Å². The minimum Gasteiger partial charge on any atom is -0.327 e. The zero-order valence-corrected chi connectivity index (χ0v) is 13.7. The summed E-state index contributed by atoms with van der Waals surface area (Å²) in [7, 11) is -3.53. The summed E-state index contributed by atoms with van der Waals surface area (Å²) in [6.07, 6.45) is 2.12. The van der Waals surface area contributed by atoms with Gasteiger partial charge < -0.3 is 5.73 Å². The molecule has 118 valence electrons. The summed E-state index contributed by atoms with van der Waals surface area (Å²) >= 11 is 0. The van der Waals surface area contributed by atoms with Gasteiger partial charge in [0.25, 0.3) is 0 Å². The molecule has 3 rings (SSSR count). The molecule has 2 N–H and O–H groups in total. The van der Waals surface area contributed by atoms with Gasteiger partial charge in [-0.1, -0.05) is 32.0 Å². The Balaban J connectivity index is 1.98. The first-order valence-corrected chi connectivity index (χ1v) is 8.85. The van der Waals surface area contributed by atoms with E-state index in [1.54, 1.807) is 6.07 Å². The molecule has 6 heteroatoms. The van der Waals surface area contributed by atoms with Gasteiger partial charge in [-0.2, -0.15) is 4.31 Å². The third kappa shape index (κ3) is 2.62. The van der Waals surface area contributed by atoms with E-state index in [0.717, 1.165) is 10.9 Å². The zero-order chi connectivity index (χ0) is 16.0. The molecule has 0 radical (unpaired) electrons. The van der Waals surface area contributed by atoms with E-state index < -0.39 is 10.0 Å². The number of hydrogen-bond donors (Lipinski definition) is 1. The van der Waals surface area contributed by atoms with Gasteiger partial charge in [-0.25, -0.2) is 8.42 Å². The molecule has 1 aliphatic heterocycles. The molecule has 0 bridgehead atoms. The summed E-state index contributed by atoms with van der Waals surface area (Å²) < 4.78 is 27.3. The van der Waals surface area contributed by atoms with Crippen LogP contribution in [0.1, 0.15) is 20.3 Å². The van der Waals surface area contributed by atoms with Crippen LogP contribution in [0.4, 0.5) is 0 Å².